The third-order valence-corrected chi connectivity index (χ3v) is 3.35. The maximum atomic E-state index is 10.8. The van der Waals surface area contributed by atoms with E-state index >= 15 is 0 Å². The van der Waals surface area contributed by atoms with Crippen molar-refractivity contribution in [3.05, 3.63) is 67.9 Å². The molecule has 20 heavy (non-hydrogen) atoms. The highest BCUT2D eigenvalue weighted by atomic mass is 79.9. The predicted molar refractivity (Wildman–Crippen MR) is 80.3 cm³/mol. The summed E-state index contributed by atoms with van der Waals surface area (Å²) < 4.78 is 0.706. The van der Waals surface area contributed by atoms with Gasteiger partial charge in [0.05, 0.1) is 10.6 Å². The van der Waals surface area contributed by atoms with Gasteiger partial charge in [-0.2, -0.15) is 0 Å². The first kappa shape index (κ1) is 14.6. The largest absolute Gasteiger partial charge is 0.307 e. The van der Waals surface area contributed by atoms with Crippen molar-refractivity contribution in [2.24, 2.45) is 0 Å². The molecule has 1 aromatic carbocycles. The van der Waals surface area contributed by atoms with Gasteiger partial charge in [0.25, 0.3) is 5.69 Å². The van der Waals surface area contributed by atoms with Crippen LogP contribution in [-0.4, -0.2) is 9.91 Å². The van der Waals surface area contributed by atoms with Gasteiger partial charge in [0.15, 0.2) is 0 Å². The van der Waals surface area contributed by atoms with E-state index in [0.29, 0.717) is 17.6 Å². The summed E-state index contributed by atoms with van der Waals surface area (Å²) in [7, 11) is 0. The first-order valence-corrected chi connectivity index (χ1v) is 6.90. The van der Waals surface area contributed by atoms with E-state index in [4.69, 9.17) is 0 Å². The van der Waals surface area contributed by atoms with Gasteiger partial charge >= 0.3 is 0 Å². The second-order valence-electron chi connectivity index (χ2n) is 4.45. The summed E-state index contributed by atoms with van der Waals surface area (Å²) in [5, 5.41) is 14.0. The normalized spacial score (nSPS) is 10.5. The van der Waals surface area contributed by atoms with Crippen molar-refractivity contribution in [3.63, 3.8) is 0 Å². The minimum atomic E-state index is -0.392. The first-order chi connectivity index (χ1) is 9.56. The molecular formula is C14H14BrN3O2. The highest BCUT2D eigenvalue weighted by Gasteiger charge is 2.08. The quantitative estimate of drug-likeness (QED) is 0.672. The molecule has 2 rings (SSSR count). The highest BCUT2D eigenvalue weighted by molar-refractivity contribution is 9.10. The zero-order valence-electron chi connectivity index (χ0n) is 11.0. The molecule has 1 heterocycles. The number of nitro benzene ring substituents is 1. The zero-order chi connectivity index (χ0) is 14.5. The Hall–Kier alpha value is -1.79. The molecule has 0 spiro atoms. The summed E-state index contributed by atoms with van der Waals surface area (Å²) in [6.45, 7) is 3.19. The molecule has 0 amide bonds. The first-order valence-electron chi connectivity index (χ1n) is 6.11. The predicted octanol–water partition coefficient (Wildman–Crippen LogP) is 3.35. The van der Waals surface area contributed by atoms with Crippen molar-refractivity contribution in [1.82, 2.24) is 10.3 Å². The third-order valence-electron chi connectivity index (χ3n) is 2.89. The number of hydrogen-bond acceptors (Lipinski definition) is 4. The summed E-state index contributed by atoms with van der Waals surface area (Å²) in [4.78, 5) is 14.7. The number of nitrogens with one attached hydrogen (secondary N) is 1. The Bertz CT molecular complexity index is 632. The van der Waals surface area contributed by atoms with Crippen LogP contribution in [0.3, 0.4) is 0 Å². The zero-order valence-corrected chi connectivity index (χ0v) is 12.6. The van der Waals surface area contributed by atoms with Crippen LogP contribution in [-0.2, 0) is 13.1 Å². The Morgan fingerprint density at radius 2 is 2.15 bits per heavy atom. The summed E-state index contributed by atoms with van der Waals surface area (Å²) in [6, 6.07) is 8.84. The topological polar surface area (TPSA) is 68.1 Å². The van der Waals surface area contributed by atoms with Crippen LogP contribution in [0.2, 0.25) is 0 Å². The average Bonchev–Trinajstić information content (AvgIpc) is 2.40. The van der Waals surface area contributed by atoms with Gasteiger partial charge < -0.3 is 5.32 Å². The number of halogens is 1. The van der Waals surface area contributed by atoms with Crippen LogP contribution in [0.15, 0.2) is 41.0 Å². The number of pyridine rings is 1. The van der Waals surface area contributed by atoms with Crippen molar-refractivity contribution in [3.8, 4) is 0 Å². The summed E-state index contributed by atoms with van der Waals surface area (Å²) in [5.74, 6) is 0. The molecule has 0 fully saturated rings. The number of nitro groups is 1. The van der Waals surface area contributed by atoms with Gasteiger partial charge in [-0.05, 0) is 30.2 Å². The molecule has 5 nitrogen and oxygen atoms in total. The number of hydrogen-bond donors (Lipinski definition) is 1. The molecule has 0 aliphatic rings. The molecule has 0 saturated carbocycles. The molecule has 0 aliphatic heterocycles. The van der Waals surface area contributed by atoms with Crippen molar-refractivity contribution < 1.29 is 4.92 Å². The van der Waals surface area contributed by atoms with E-state index in [9.17, 15) is 10.1 Å². The maximum Gasteiger partial charge on any atom is 0.270 e. The van der Waals surface area contributed by atoms with Crippen LogP contribution in [0, 0.1) is 17.0 Å². The van der Waals surface area contributed by atoms with Crippen LogP contribution in [0.25, 0.3) is 0 Å². The van der Waals surface area contributed by atoms with E-state index in [1.54, 1.807) is 12.3 Å². The lowest BCUT2D eigenvalue weighted by Gasteiger charge is -2.07. The Kier molecular flexibility index (Phi) is 4.81. The molecule has 1 N–H and O–H groups in total. The molecule has 0 unspecified atom stereocenters. The van der Waals surface area contributed by atoms with Crippen molar-refractivity contribution in [2.45, 2.75) is 20.0 Å². The lowest BCUT2D eigenvalue weighted by Crippen LogP contribution is -2.14. The van der Waals surface area contributed by atoms with Crippen LogP contribution in [0.1, 0.15) is 16.8 Å². The molecule has 6 heteroatoms. The SMILES string of the molecule is Cc1cccnc1CNCc1cc(Br)cc([N+](=O)[O-])c1. The Morgan fingerprint density at radius 1 is 1.35 bits per heavy atom. The highest BCUT2D eigenvalue weighted by Crippen LogP contribution is 2.21. The van der Waals surface area contributed by atoms with Crippen LogP contribution in [0.5, 0.6) is 0 Å². The fourth-order valence-corrected chi connectivity index (χ4v) is 2.40. The summed E-state index contributed by atoms with van der Waals surface area (Å²) in [6.07, 6.45) is 1.76. The summed E-state index contributed by atoms with van der Waals surface area (Å²) >= 11 is 3.29. The second kappa shape index (κ2) is 6.58. The van der Waals surface area contributed by atoms with E-state index in [0.717, 1.165) is 16.8 Å². The van der Waals surface area contributed by atoms with Crippen molar-refractivity contribution >= 4 is 21.6 Å². The molecule has 0 radical (unpaired) electrons. The molecule has 1 aromatic heterocycles. The number of rotatable bonds is 5. The molecular weight excluding hydrogens is 322 g/mol. The number of non-ortho nitro benzene ring substituents is 1. The second-order valence-corrected chi connectivity index (χ2v) is 5.36. The summed E-state index contributed by atoms with van der Waals surface area (Å²) in [5.41, 5.74) is 3.06. The lowest BCUT2D eigenvalue weighted by atomic mass is 10.2. The van der Waals surface area contributed by atoms with Crippen molar-refractivity contribution in [1.29, 1.82) is 0 Å². The van der Waals surface area contributed by atoms with Gasteiger partial charge in [-0.1, -0.05) is 22.0 Å². The minimum absolute atomic E-state index is 0.0881. The van der Waals surface area contributed by atoms with E-state index in [-0.39, 0.29) is 5.69 Å². The number of aryl methyl sites for hydroxylation is 1. The number of nitrogens with zero attached hydrogens (tertiary/aromatic N) is 2. The van der Waals surface area contributed by atoms with Gasteiger partial charge in [0, 0.05) is 35.9 Å². The molecule has 0 saturated heterocycles. The number of aromatic nitrogens is 1. The molecule has 0 aliphatic carbocycles. The van der Waals surface area contributed by atoms with E-state index in [1.807, 2.05) is 25.1 Å². The van der Waals surface area contributed by atoms with Gasteiger partial charge in [0.1, 0.15) is 0 Å². The Balaban J connectivity index is 2.01. The fraction of sp³-hybridized carbons (Fsp3) is 0.214. The van der Waals surface area contributed by atoms with Gasteiger partial charge in [-0.3, -0.25) is 15.1 Å². The van der Waals surface area contributed by atoms with Gasteiger partial charge in [-0.25, -0.2) is 0 Å². The number of benzene rings is 1. The monoisotopic (exact) mass is 335 g/mol. The maximum absolute atomic E-state index is 10.8. The lowest BCUT2D eigenvalue weighted by molar-refractivity contribution is -0.385. The van der Waals surface area contributed by atoms with Crippen LogP contribution in [0.4, 0.5) is 5.69 Å². The van der Waals surface area contributed by atoms with Gasteiger partial charge in [0.2, 0.25) is 0 Å². The van der Waals surface area contributed by atoms with E-state index in [2.05, 4.69) is 26.2 Å². The minimum Gasteiger partial charge on any atom is -0.307 e. The van der Waals surface area contributed by atoms with Crippen molar-refractivity contribution in [2.75, 3.05) is 0 Å². The van der Waals surface area contributed by atoms with Crippen LogP contribution < -0.4 is 5.32 Å². The fourth-order valence-electron chi connectivity index (χ4n) is 1.87. The van der Waals surface area contributed by atoms with Crippen LogP contribution >= 0.6 is 15.9 Å². The Morgan fingerprint density at radius 3 is 2.85 bits per heavy atom. The third kappa shape index (κ3) is 3.85. The average molecular weight is 336 g/mol. The molecule has 2 aromatic rings. The smallest absolute Gasteiger partial charge is 0.270 e. The van der Waals surface area contributed by atoms with Gasteiger partial charge in [-0.15, -0.1) is 0 Å². The molecule has 104 valence electrons. The molecule has 0 bridgehead atoms. The molecule has 0 atom stereocenters. The standard InChI is InChI=1S/C14H14BrN3O2/c1-10-3-2-4-17-14(10)9-16-8-11-5-12(15)7-13(6-11)18(19)20/h2-7,16H,8-9H2,1H3. The van der Waals surface area contributed by atoms with E-state index < -0.39 is 4.92 Å². The Labute approximate surface area is 125 Å². The van der Waals surface area contributed by atoms with E-state index in [1.165, 1.54) is 6.07 Å².